The first kappa shape index (κ1) is 31.6. The molecule has 7 rings (SSSR count). The number of fused-ring (bicyclic) bond motifs is 1. The van der Waals surface area contributed by atoms with E-state index in [1.54, 1.807) is 6.92 Å². The molecule has 4 saturated carbocycles. The first-order valence-corrected chi connectivity index (χ1v) is 16.4. The van der Waals surface area contributed by atoms with Gasteiger partial charge in [-0.05, 0) is 92.7 Å². The predicted octanol–water partition coefficient (Wildman–Crippen LogP) is 5.31. The van der Waals surface area contributed by atoms with E-state index in [9.17, 15) is 29.4 Å². The first-order valence-electron chi connectivity index (χ1n) is 16.4. The third-order valence-electron chi connectivity index (χ3n) is 10.5. The Morgan fingerprint density at radius 2 is 1.59 bits per heavy atom. The van der Waals surface area contributed by atoms with E-state index in [2.05, 4.69) is 15.6 Å². The first-order chi connectivity index (χ1) is 22.1. The number of alkyl carbamates (subject to hydrolysis) is 1. The molecule has 10 nitrogen and oxygen atoms in total. The lowest BCUT2D eigenvalue weighted by molar-refractivity contribution is -0.148. The molecule has 4 aliphatic rings. The van der Waals surface area contributed by atoms with Gasteiger partial charge in [0.05, 0.1) is 12.3 Å². The van der Waals surface area contributed by atoms with Crippen molar-refractivity contribution < 1.29 is 34.1 Å². The fourth-order valence-electron chi connectivity index (χ4n) is 8.55. The molecule has 0 saturated heterocycles. The average Bonchev–Trinajstić information content (AvgIpc) is 3.40. The van der Waals surface area contributed by atoms with Gasteiger partial charge in [0, 0.05) is 29.6 Å². The molecule has 2 amide bonds. The molecule has 4 fully saturated rings. The molecule has 3 atom stereocenters. The number of amides is 2. The minimum Gasteiger partial charge on any atom is -0.481 e. The van der Waals surface area contributed by atoms with Gasteiger partial charge in [-0.2, -0.15) is 0 Å². The van der Waals surface area contributed by atoms with E-state index in [1.807, 2.05) is 60.8 Å². The van der Waals surface area contributed by atoms with E-state index in [4.69, 9.17) is 4.74 Å². The highest BCUT2D eigenvalue weighted by Crippen LogP contribution is 2.54. The zero-order valence-electron chi connectivity index (χ0n) is 26.1. The molecule has 4 aliphatic carbocycles. The summed E-state index contributed by atoms with van der Waals surface area (Å²) in [5.41, 5.74) is 1.13. The number of rotatable bonds is 13. The number of ether oxygens (including phenoxy) is 1. The van der Waals surface area contributed by atoms with E-state index >= 15 is 0 Å². The zero-order chi connectivity index (χ0) is 32.4. The summed E-state index contributed by atoms with van der Waals surface area (Å²) in [5, 5.41) is 26.1. The summed E-state index contributed by atoms with van der Waals surface area (Å²) in [6.07, 6.45) is 6.43. The van der Waals surface area contributed by atoms with Crippen LogP contribution in [-0.4, -0.2) is 56.8 Å². The number of carbonyl (C=O) groups is 4. The van der Waals surface area contributed by atoms with Crippen LogP contribution < -0.4 is 10.6 Å². The summed E-state index contributed by atoms with van der Waals surface area (Å²) in [6.45, 7) is 1.66. The summed E-state index contributed by atoms with van der Waals surface area (Å²) in [5.74, 6) is -2.02. The van der Waals surface area contributed by atoms with Crippen LogP contribution in [0.25, 0.3) is 10.9 Å². The van der Waals surface area contributed by atoms with Gasteiger partial charge >= 0.3 is 18.0 Å². The van der Waals surface area contributed by atoms with Crippen molar-refractivity contribution in [2.24, 2.45) is 29.6 Å². The third kappa shape index (κ3) is 7.06. The van der Waals surface area contributed by atoms with Crippen LogP contribution in [0.2, 0.25) is 0 Å². The topological polar surface area (TPSA) is 158 Å². The van der Waals surface area contributed by atoms with Gasteiger partial charge in [-0.3, -0.25) is 14.4 Å². The van der Waals surface area contributed by atoms with E-state index in [1.165, 1.54) is 6.42 Å². The fraction of sp³-hybridized carbons (Fsp3) is 0.500. The highest BCUT2D eigenvalue weighted by Gasteiger charge is 2.50. The summed E-state index contributed by atoms with van der Waals surface area (Å²) in [4.78, 5) is 54.7. The van der Waals surface area contributed by atoms with E-state index in [0.717, 1.165) is 59.5 Å². The lowest BCUT2D eigenvalue weighted by Gasteiger charge is -2.53. The van der Waals surface area contributed by atoms with Gasteiger partial charge in [0.25, 0.3) is 0 Å². The Morgan fingerprint density at radius 1 is 0.935 bits per heavy atom. The van der Waals surface area contributed by atoms with Gasteiger partial charge in [0.2, 0.25) is 5.91 Å². The van der Waals surface area contributed by atoms with Crippen molar-refractivity contribution >= 4 is 34.8 Å². The molecule has 2 aromatic carbocycles. The number of para-hydroxylation sites is 1. The van der Waals surface area contributed by atoms with Gasteiger partial charge in [0.1, 0.15) is 11.6 Å². The lowest BCUT2D eigenvalue weighted by atomic mass is 9.55. The Bertz CT molecular complexity index is 1560. The Kier molecular flexibility index (Phi) is 9.06. The van der Waals surface area contributed by atoms with Crippen molar-refractivity contribution in [2.45, 2.75) is 82.4 Å². The molecule has 5 N–H and O–H groups in total. The molecule has 1 aromatic heterocycles. The number of H-pyrrole nitrogens is 1. The summed E-state index contributed by atoms with van der Waals surface area (Å²) >= 11 is 0. The second-order valence-electron chi connectivity index (χ2n) is 14.0. The number of carboxylic acids is 2. The largest absolute Gasteiger partial charge is 0.481 e. The monoisotopic (exact) mass is 629 g/mol. The number of aromatic nitrogens is 1. The van der Waals surface area contributed by atoms with E-state index < -0.39 is 47.9 Å². The van der Waals surface area contributed by atoms with Crippen molar-refractivity contribution in [3.8, 4) is 0 Å². The lowest BCUT2D eigenvalue weighted by Crippen LogP contribution is -2.61. The van der Waals surface area contributed by atoms with Crippen LogP contribution in [0.15, 0.2) is 60.8 Å². The minimum absolute atomic E-state index is 0.0936. The molecule has 3 aromatic rings. The Morgan fingerprint density at radius 3 is 2.24 bits per heavy atom. The van der Waals surface area contributed by atoms with E-state index in [0.29, 0.717) is 11.8 Å². The molecule has 0 aliphatic heterocycles. The summed E-state index contributed by atoms with van der Waals surface area (Å²) in [6, 6.07) is 16.3. The van der Waals surface area contributed by atoms with Crippen molar-refractivity contribution in [1.29, 1.82) is 0 Å². The third-order valence-corrected chi connectivity index (χ3v) is 10.5. The maximum Gasteiger partial charge on any atom is 0.408 e. The summed E-state index contributed by atoms with van der Waals surface area (Å²) in [7, 11) is 0. The van der Waals surface area contributed by atoms with Crippen LogP contribution in [0, 0.1) is 29.6 Å². The molecule has 46 heavy (non-hydrogen) atoms. The van der Waals surface area contributed by atoms with Crippen LogP contribution in [0.5, 0.6) is 0 Å². The molecule has 244 valence electrons. The highest BCUT2D eigenvalue weighted by molar-refractivity contribution is 5.92. The van der Waals surface area contributed by atoms with Gasteiger partial charge in [0.15, 0.2) is 0 Å². The van der Waals surface area contributed by atoms with Crippen LogP contribution >= 0.6 is 0 Å². The number of aliphatic carboxylic acids is 2. The van der Waals surface area contributed by atoms with Crippen molar-refractivity contribution in [3.05, 3.63) is 71.9 Å². The number of hydrogen-bond acceptors (Lipinski definition) is 5. The number of benzene rings is 2. The van der Waals surface area contributed by atoms with E-state index in [-0.39, 0.29) is 25.4 Å². The van der Waals surface area contributed by atoms with Crippen molar-refractivity contribution in [3.63, 3.8) is 0 Å². The Hall–Kier alpha value is -4.34. The highest BCUT2D eigenvalue weighted by atomic mass is 16.6. The fourth-order valence-corrected chi connectivity index (χ4v) is 8.55. The number of aromatic amines is 1. The maximum atomic E-state index is 14.3. The quantitative estimate of drug-likeness (QED) is 0.171. The molecule has 1 unspecified atom stereocenters. The number of carboxylic acid groups (broad SMARTS) is 2. The van der Waals surface area contributed by atoms with Gasteiger partial charge in [-0.1, -0.05) is 48.5 Å². The molecule has 10 heteroatoms. The van der Waals surface area contributed by atoms with Crippen LogP contribution in [0.1, 0.15) is 63.0 Å². The second kappa shape index (κ2) is 13.2. The van der Waals surface area contributed by atoms with Gasteiger partial charge in [-0.25, -0.2) is 4.79 Å². The van der Waals surface area contributed by atoms with Crippen LogP contribution in [0.4, 0.5) is 4.79 Å². The molecule has 0 radical (unpaired) electrons. The Labute approximate surface area is 268 Å². The number of hydrogen-bond donors (Lipinski definition) is 5. The maximum absolute atomic E-state index is 14.3. The SMILES string of the molecule is C[C@@](Cc1c[nH]c2ccccc12)(NC(=O)OC1C2CC3CC(C2)CC1C3)C(=O)N[C@@H](Cc1ccccc1)CC(CC(=O)O)C(=O)O. The van der Waals surface area contributed by atoms with Crippen molar-refractivity contribution in [1.82, 2.24) is 15.6 Å². The molecule has 4 bridgehead atoms. The second-order valence-corrected chi connectivity index (χ2v) is 14.0. The van der Waals surface area contributed by atoms with Crippen molar-refractivity contribution in [2.75, 3.05) is 0 Å². The zero-order valence-corrected chi connectivity index (χ0v) is 26.1. The van der Waals surface area contributed by atoms with Gasteiger partial charge < -0.3 is 30.6 Å². The molecule has 0 spiro atoms. The Balaban J connectivity index is 1.25. The predicted molar refractivity (Wildman–Crippen MR) is 171 cm³/mol. The molecular weight excluding hydrogens is 586 g/mol. The standard InChI is InChI=1S/C36H43N3O7/c1-36(19-27-20-37-30-10-6-5-9-29(27)30,39-35(45)46-32-24-12-22-11-23(14-24)15-25(32)13-22)34(44)38-28(16-21-7-3-2-4-8-21)17-26(33(42)43)18-31(40)41/h2-10,20,22-26,28,32,37H,11-19H2,1H3,(H,38,44)(H,39,45)(H,40,41)(H,42,43)/t22?,23?,24?,25?,26?,28-,32?,36-/m0/s1. The number of carbonyl (C=O) groups excluding carboxylic acids is 2. The number of nitrogens with one attached hydrogen (secondary N) is 3. The van der Waals surface area contributed by atoms with Crippen LogP contribution in [0.3, 0.4) is 0 Å². The molecular formula is C36H43N3O7. The minimum atomic E-state index is -1.46. The van der Waals surface area contributed by atoms with Crippen LogP contribution in [-0.2, 0) is 32.0 Å². The molecule has 1 heterocycles. The summed E-state index contributed by atoms with van der Waals surface area (Å²) < 4.78 is 6.14. The van der Waals surface area contributed by atoms with Gasteiger partial charge in [-0.15, -0.1) is 0 Å². The smallest absolute Gasteiger partial charge is 0.408 e. The normalized spacial score (nSPS) is 25.7. The average molecular weight is 630 g/mol.